The van der Waals surface area contributed by atoms with Crippen molar-refractivity contribution in [1.29, 1.82) is 0 Å². The fraction of sp³-hybridized carbons (Fsp3) is 0.333. The first-order valence-corrected chi connectivity index (χ1v) is 11.2. The van der Waals surface area contributed by atoms with Crippen LogP contribution in [0.4, 0.5) is 0 Å². The van der Waals surface area contributed by atoms with Gasteiger partial charge in [0.25, 0.3) is 0 Å². The molecule has 0 aliphatic carbocycles. The van der Waals surface area contributed by atoms with Crippen LogP contribution in [0.2, 0.25) is 0 Å². The summed E-state index contributed by atoms with van der Waals surface area (Å²) in [6.07, 6.45) is -4.09. The molecule has 1 heterocycles. The molecular weight excluding hydrogens is 420 g/mol. The van der Waals surface area contributed by atoms with Crippen LogP contribution in [0.15, 0.2) is 91.0 Å². The van der Waals surface area contributed by atoms with Crippen molar-refractivity contribution in [3.05, 3.63) is 108 Å². The first-order chi connectivity index (χ1) is 16.2. The van der Waals surface area contributed by atoms with E-state index in [1.165, 1.54) is 0 Å². The van der Waals surface area contributed by atoms with Crippen LogP contribution in [-0.2, 0) is 38.8 Å². The summed E-state index contributed by atoms with van der Waals surface area (Å²) < 4.78 is 24.3. The standard InChI is InChI=1S/C27H30O6/c28-16-23-24(30-17-20-10-4-1-5-11-20)25(31-18-21-12-6-2-7-13-21)26(27(29)33-23)32-19-22-14-8-3-9-15-22/h1-15,23-29H,16-19H2/t23-,24-,25+,26+,27-/m1/s1. The van der Waals surface area contributed by atoms with Crippen molar-refractivity contribution in [3.8, 4) is 0 Å². The number of hydrogen-bond donors (Lipinski definition) is 2. The molecule has 0 unspecified atom stereocenters. The van der Waals surface area contributed by atoms with Crippen molar-refractivity contribution < 1.29 is 29.2 Å². The molecule has 0 spiro atoms. The Kier molecular flexibility index (Phi) is 8.60. The second-order valence-electron chi connectivity index (χ2n) is 8.03. The van der Waals surface area contributed by atoms with Gasteiger partial charge >= 0.3 is 0 Å². The molecule has 0 amide bonds. The van der Waals surface area contributed by atoms with Crippen molar-refractivity contribution in [2.45, 2.75) is 50.5 Å². The van der Waals surface area contributed by atoms with E-state index in [1.807, 2.05) is 91.0 Å². The van der Waals surface area contributed by atoms with E-state index in [-0.39, 0.29) is 13.2 Å². The summed E-state index contributed by atoms with van der Waals surface area (Å²) in [5, 5.41) is 20.7. The Morgan fingerprint density at radius 1 is 0.576 bits per heavy atom. The zero-order chi connectivity index (χ0) is 22.9. The lowest BCUT2D eigenvalue weighted by Gasteiger charge is -2.44. The number of aliphatic hydroxyl groups excluding tert-OH is 2. The molecule has 5 atom stereocenters. The molecule has 0 radical (unpaired) electrons. The predicted molar refractivity (Wildman–Crippen MR) is 123 cm³/mol. The smallest absolute Gasteiger partial charge is 0.184 e. The maximum absolute atomic E-state index is 10.7. The minimum atomic E-state index is -1.26. The van der Waals surface area contributed by atoms with Crippen LogP contribution < -0.4 is 0 Å². The molecule has 1 saturated heterocycles. The van der Waals surface area contributed by atoms with Gasteiger partial charge in [-0.2, -0.15) is 0 Å². The molecule has 174 valence electrons. The highest BCUT2D eigenvalue weighted by Gasteiger charge is 2.47. The van der Waals surface area contributed by atoms with Gasteiger partial charge in [0.1, 0.15) is 24.4 Å². The predicted octanol–water partition coefficient (Wildman–Crippen LogP) is 3.45. The average molecular weight is 451 g/mol. The second kappa shape index (κ2) is 12.0. The van der Waals surface area contributed by atoms with E-state index >= 15 is 0 Å². The molecule has 0 aromatic heterocycles. The van der Waals surface area contributed by atoms with Crippen LogP contribution in [0, 0.1) is 0 Å². The van der Waals surface area contributed by atoms with Gasteiger partial charge in [0.05, 0.1) is 26.4 Å². The number of hydrogen-bond acceptors (Lipinski definition) is 6. The summed E-state index contributed by atoms with van der Waals surface area (Å²) >= 11 is 0. The Morgan fingerprint density at radius 2 is 0.970 bits per heavy atom. The van der Waals surface area contributed by atoms with Gasteiger partial charge in [0, 0.05) is 0 Å². The fourth-order valence-corrected chi connectivity index (χ4v) is 3.91. The monoisotopic (exact) mass is 450 g/mol. The molecule has 3 aromatic rings. The third-order valence-corrected chi connectivity index (χ3v) is 5.65. The number of ether oxygens (including phenoxy) is 4. The second-order valence-corrected chi connectivity index (χ2v) is 8.03. The molecule has 1 aliphatic heterocycles. The molecule has 0 bridgehead atoms. The van der Waals surface area contributed by atoms with Gasteiger partial charge in [0.15, 0.2) is 6.29 Å². The van der Waals surface area contributed by atoms with E-state index in [0.717, 1.165) is 16.7 Å². The van der Waals surface area contributed by atoms with Gasteiger partial charge in [-0.25, -0.2) is 0 Å². The summed E-state index contributed by atoms with van der Waals surface area (Å²) in [4.78, 5) is 0. The molecule has 0 saturated carbocycles. The largest absolute Gasteiger partial charge is 0.394 e. The Labute approximate surface area is 194 Å². The van der Waals surface area contributed by atoms with Crippen molar-refractivity contribution in [2.75, 3.05) is 6.61 Å². The van der Waals surface area contributed by atoms with Crippen LogP contribution in [0.1, 0.15) is 16.7 Å². The van der Waals surface area contributed by atoms with E-state index in [4.69, 9.17) is 18.9 Å². The summed E-state index contributed by atoms with van der Waals surface area (Å²) in [7, 11) is 0. The Morgan fingerprint density at radius 3 is 1.39 bits per heavy atom. The topological polar surface area (TPSA) is 77.4 Å². The van der Waals surface area contributed by atoms with E-state index in [9.17, 15) is 10.2 Å². The maximum Gasteiger partial charge on any atom is 0.184 e. The number of benzene rings is 3. The SMILES string of the molecule is OC[C@H]1O[C@@H](O)[C@@H](OCc2ccccc2)[C@@H](OCc2ccccc2)[C@@H]1OCc1ccccc1. The summed E-state index contributed by atoms with van der Waals surface area (Å²) in [5.41, 5.74) is 2.95. The molecule has 6 nitrogen and oxygen atoms in total. The van der Waals surface area contributed by atoms with Crippen LogP contribution >= 0.6 is 0 Å². The van der Waals surface area contributed by atoms with Gasteiger partial charge in [-0.05, 0) is 16.7 Å². The Balaban J connectivity index is 1.53. The normalized spacial score (nSPS) is 25.1. The van der Waals surface area contributed by atoms with Gasteiger partial charge < -0.3 is 29.2 Å². The highest BCUT2D eigenvalue weighted by molar-refractivity contribution is 5.15. The number of rotatable bonds is 10. The van der Waals surface area contributed by atoms with Crippen molar-refractivity contribution >= 4 is 0 Å². The van der Waals surface area contributed by atoms with E-state index in [1.54, 1.807) is 0 Å². The van der Waals surface area contributed by atoms with Gasteiger partial charge in [0.2, 0.25) is 0 Å². The van der Waals surface area contributed by atoms with Gasteiger partial charge in [-0.3, -0.25) is 0 Å². The summed E-state index contributed by atoms with van der Waals surface area (Å²) in [6.45, 7) is 0.601. The van der Waals surface area contributed by atoms with Gasteiger partial charge in [-0.15, -0.1) is 0 Å². The zero-order valence-corrected chi connectivity index (χ0v) is 18.4. The van der Waals surface area contributed by atoms with Crippen LogP contribution in [0.3, 0.4) is 0 Å². The third kappa shape index (κ3) is 6.48. The summed E-state index contributed by atoms with van der Waals surface area (Å²) in [5.74, 6) is 0. The van der Waals surface area contributed by atoms with Crippen LogP contribution in [0.5, 0.6) is 0 Å². The quantitative estimate of drug-likeness (QED) is 0.493. The summed E-state index contributed by atoms with van der Waals surface area (Å²) in [6, 6.07) is 29.3. The minimum absolute atomic E-state index is 0.284. The lowest BCUT2D eigenvalue weighted by Crippen LogP contribution is -2.61. The Bertz CT molecular complexity index is 937. The highest BCUT2D eigenvalue weighted by Crippen LogP contribution is 2.29. The van der Waals surface area contributed by atoms with Crippen molar-refractivity contribution in [3.63, 3.8) is 0 Å². The van der Waals surface area contributed by atoms with Crippen molar-refractivity contribution in [2.24, 2.45) is 0 Å². The van der Waals surface area contributed by atoms with Gasteiger partial charge in [-0.1, -0.05) is 91.0 Å². The van der Waals surface area contributed by atoms with Crippen LogP contribution in [-0.4, -0.2) is 47.5 Å². The first-order valence-electron chi connectivity index (χ1n) is 11.2. The van der Waals surface area contributed by atoms with E-state index < -0.39 is 30.7 Å². The number of aliphatic hydroxyl groups is 2. The molecule has 1 aliphatic rings. The first kappa shape index (κ1) is 23.6. The maximum atomic E-state index is 10.7. The lowest BCUT2D eigenvalue weighted by atomic mass is 9.98. The van der Waals surface area contributed by atoms with E-state index in [2.05, 4.69) is 0 Å². The zero-order valence-electron chi connectivity index (χ0n) is 18.4. The molecule has 1 fully saturated rings. The fourth-order valence-electron chi connectivity index (χ4n) is 3.91. The molecular formula is C27H30O6. The molecule has 6 heteroatoms. The third-order valence-electron chi connectivity index (χ3n) is 5.65. The molecule has 33 heavy (non-hydrogen) atoms. The lowest BCUT2D eigenvalue weighted by molar-refractivity contribution is -0.315. The highest BCUT2D eigenvalue weighted by atomic mass is 16.7. The molecule has 4 rings (SSSR count). The van der Waals surface area contributed by atoms with Crippen molar-refractivity contribution in [1.82, 2.24) is 0 Å². The molecule has 2 N–H and O–H groups in total. The average Bonchev–Trinajstić information content (AvgIpc) is 2.87. The Hall–Kier alpha value is -2.58. The van der Waals surface area contributed by atoms with Crippen LogP contribution in [0.25, 0.3) is 0 Å². The molecule has 3 aromatic carbocycles. The van der Waals surface area contributed by atoms with E-state index in [0.29, 0.717) is 13.2 Å². The minimum Gasteiger partial charge on any atom is -0.394 e.